The van der Waals surface area contributed by atoms with Crippen LogP contribution in [0.5, 0.6) is 0 Å². The summed E-state index contributed by atoms with van der Waals surface area (Å²) in [7, 11) is 2.53. The van der Waals surface area contributed by atoms with Crippen LogP contribution in [0.4, 0.5) is 40.8 Å². The SMILES string of the molecule is CC1(C)OB(C2=CCOCC2)OC1(C)C.CC1(C)OB(c2cc(C3CCOCC3)cnc2N)OC1(C)C.CN(Cc1ncccn1)C(=O)c1ccc(-c2cc(C3CCOCC3)cnc2N)cc1F.CN(Cc1ncccn1)C(=O)c1ccc(Br)cc1F.NCc1ncccn1.Nc1ccc(Br)cn1.Nc1ncc(C2CCOCC2)cc1Br.O=C(NCc1ncccn1)c1ccc(Br)cc1F.O=C(O)c1ccc(Br)cc1F. The summed E-state index contributed by atoms with van der Waals surface area (Å²) in [5, 5.41) is 11.0. The van der Waals surface area contributed by atoms with Crippen LogP contribution in [0.2, 0.25) is 0 Å². The number of nitrogens with one attached hydrogen (secondary N) is 1. The molecule has 6 aliphatic rings. The number of nitrogen functional groups attached to an aromatic ring is 4. The zero-order chi connectivity index (χ0) is 106. The van der Waals surface area contributed by atoms with E-state index in [2.05, 4.69) is 191 Å². The van der Waals surface area contributed by atoms with Crippen molar-refractivity contribution < 1.29 is 79.4 Å². The summed E-state index contributed by atoms with van der Waals surface area (Å²) in [6.45, 7) is 23.7. The molecule has 12 N–H and O–H groups in total. The van der Waals surface area contributed by atoms with Crippen LogP contribution in [0.3, 0.4) is 0 Å². The average Bonchev–Trinajstić information content (AvgIpc) is 1.62. The number of rotatable bonds is 17. The third-order valence-corrected chi connectivity index (χ3v) is 26.8. The van der Waals surface area contributed by atoms with Crippen molar-refractivity contribution in [3.63, 3.8) is 0 Å². The molecule has 0 radical (unpaired) electrons. The van der Waals surface area contributed by atoms with Gasteiger partial charge in [-0.1, -0.05) is 66.0 Å². The Morgan fingerprint density at radius 2 is 0.808 bits per heavy atom. The molecule has 5 saturated heterocycles. The van der Waals surface area contributed by atoms with Gasteiger partial charge in [0.25, 0.3) is 17.7 Å². The summed E-state index contributed by atoms with van der Waals surface area (Å²) in [6.07, 6.45) is 29.1. The summed E-state index contributed by atoms with van der Waals surface area (Å²) < 4.78 is 104. The topological polar surface area (TPSA) is 466 Å². The van der Waals surface area contributed by atoms with Gasteiger partial charge in [-0.2, -0.15) is 0 Å². The number of hydrogen-bond acceptors (Lipinski definition) is 29. The molecule has 18 rings (SSSR count). The zero-order valence-electron chi connectivity index (χ0n) is 82.3. The molecule has 0 spiro atoms. The Hall–Kier alpha value is -11.5. The zero-order valence-corrected chi connectivity index (χ0v) is 90.3. The third-order valence-electron chi connectivity index (χ3n) is 24.2. The van der Waals surface area contributed by atoms with Gasteiger partial charge in [0, 0.05) is 157 Å². The van der Waals surface area contributed by atoms with E-state index in [1.54, 1.807) is 125 Å². The Morgan fingerprint density at radius 3 is 1.20 bits per heavy atom. The minimum Gasteiger partial charge on any atom is -0.478 e. The molecule has 3 amide bonds. The molecule has 44 heteroatoms. The first-order chi connectivity index (χ1) is 69.6. The number of aromatic nitrogens is 12. The quantitative estimate of drug-likeness (QED) is 0.0329. The van der Waals surface area contributed by atoms with Crippen molar-refractivity contribution in [1.82, 2.24) is 74.9 Å². The van der Waals surface area contributed by atoms with Gasteiger partial charge < -0.3 is 86.5 Å². The first-order valence-corrected chi connectivity index (χ1v) is 50.5. The Bertz CT molecular complexity index is 6240. The normalized spacial score (nSPS) is 15.8. The number of nitrogens with two attached hydrogens (primary N) is 5. The molecule has 772 valence electrons. The molecular formula is C102H117B2Br5F4N20O13. The van der Waals surface area contributed by atoms with E-state index in [0.29, 0.717) is 102 Å². The van der Waals surface area contributed by atoms with E-state index in [9.17, 15) is 36.7 Å². The highest BCUT2D eigenvalue weighted by Gasteiger charge is 2.54. The number of halogens is 9. The number of carboxylic acid groups (broad SMARTS) is 1. The number of ether oxygens (including phenoxy) is 4. The maximum Gasteiger partial charge on any atom is 0.498 e. The summed E-state index contributed by atoms with van der Waals surface area (Å²) >= 11 is 15.9. The molecule has 146 heavy (non-hydrogen) atoms. The maximum absolute atomic E-state index is 14.9. The van der Waals surface area contributed by atoms with Crippen LogP contribution in [-0.2, 0) is 63.7 Å². The molecule has 0 aliphatic carbocycles. The molecule has 0 bridgehead atoms. The van der Waals surface area contributed by atoms with Crippen LogP contribution < -0.4 is 39.4 Å². The molecule has 0 saturated carbocycles. The van der Waals surface area contributed by atoms with Gasteiger partial charge in [-0.15, -0.1) is 0 Å². The van der Waals surface area contributed by atoms with Gasteiger partial charge in [-0.3, -0.25) is 14.4 Å². The molecule has 0 unspecified atom stereocenters. The van der Waals surface area contributed by atoms with Gasteiger partial charge in [-0.05, 0) is 293 Å². The summed E-state index contributed by atoms with van der Waals surface area (Å²) in [5.74, 6) is 0.402. The summed E-state index contributed by atoms with van der Waals surface area (Å²) in [6, 6.07) is 33.5. The van der Waals surface area contributed by atoms with Gasteiger partial charge in [0.15, 0.2) is 0 Å². The standard InChI is InChI=1S/C23H24FN5O2.C16H25BN2O3.C13H11BrFN3O.C12H9BrFN3O.C11H19BO3.C10H13BrN2O.C7H4BrFO2.C5H5BrN2.C5H7N3/c1-29(14-21-26-7-2-8-27-21)23(30)18-4-3-16(12-20(18)24)19-11-17(13-28-22(19)25)15-5-9-31-10-6-15;1-15(2)16(3,4)22-17(21-15)13-9-12(10-19-14(13)18)11-5-7-20-8-6-11;1-18(8-12-16-5-2-6-17-12)13(19)10-4-3-9(14)7-11(10)15;13-8-2-3-9(10(14)6-8)12(18)17-7-11-15-4-1-5-16-11;1-10(2)11(3,4)15-12(14-10)9-5-7-13-8-6-9;11-9-5-8(6-13-10(9)12)7-1-3-14-4-2-7;8-4-1-2-5(7(10)11)6(9)3-4;6-4-1-2-5(7)8-3-4;6-4-5-7-2-1-3-8-5/h2-4,7-8,11-13,15H,5-6,9-10,14H2,1H3,(H2,25,28);9-11H,5-8H2,1-4H3,(H2,18,19);2-7H,8H2,1H3;1-6H,7H2,(H,17,18);5H,6-8H2,1-4H3;5-7H,1-4H2,(H2,12,13);1-3H,(H,10,11);1-3H,(H2,7,8);1-3H,4,6H2. The lowest BCUT2D eigenvalue weighted by atomic mass is 9.75. The molecule has 5 fully saturated rings. The van der Waals surface area contributed by atoms with E-state index in [4.69, 9.17) is 71.3 Å². The molecule has 33 nitrogen and oxygen atoms in total. The largest absolute Gasteiger partial charge is 0.498 e. The average molecular weight is 2330 g/mol. The minimum atomic E-state index is -1.25. The van der Waals surface area contributed by atoms with Crippen molar-refractivity contribution in [3.05, 3.63) is 321 Å². The fourth-order valence-electron chi connectivity index (χ4n) is 14.5. The first kappa shape index (κ1) is 116. The Morgan fingerprint density at radius 1 is 0.425 bits per heavy atom. The molecule has 6 aliphatic heterocycles. The van der Waals surface area contributed by atoms with Crippen molar-refractivity contribution in [3.8, 4) is 11.1 Å². The number of anilines is 4. The van der Waals surface area contributed by atoms with Crippen LogP contribution >= 0.6 is 79.6 Å². The number of nitrogens with zero attached hydrogens (tertiary/aromatic N) is 14. The van der Waals surface area contributed by atoms with E-state index >= 15 is 0 Å². The smallest absolute Gasteiger partial charge is 0.478 e. The van der Waals surface area contributed by atoms with Gasteiger partial charge >= 0.3 is 20.2 Å². The number of hydrogen-bond donors (Lipinski definition) is 7. The van der Waals surface area contributed by atoms with Gasteiger partial charge in [0.2, 0.25) is 0 Å². The van der Waals surface area contributed by atoms with E-state index in [1.807, 2.05) is 52.2 Å². The van der Waals surface area contributed by atoms with Crippen LogP contribution in [0.15, 0.2) is 236 Å². The van der Waals surface area contributed by atoms with Gasteiger partial charge in [0.1, 0.15) is 69.8 Å². The summed E-state index contributed by atoms with van der Waals surface area (Å²) in [4.78, 5) is 98.1. The molecule has 12 aromatic rings. The molecule has 4 aromatic carbocycles. The fourth-order valence-corrected chi connectivity index (χ4v) is 16.1. The number of aromatic carboxylic acids is 1. The third kappa shape index (κ3) is 35.4. The van der Waals surface area contributed by atoms with Crippen molar-refractivity contribution in [2.45, 2.75) is 167 Å². The highest BCUT2D eigenvalue weighted by molar-refractivity contribution is 9.11. The van der Waals surface area contributed by atoms with Crippen LogP contribution in [-0.4, -0.2) is 202 Å². The lowest BCUT2D eigenvalue weighted by Crippen LogP contribution is -2.41. The van der Waals surface area contributed by atoms with Crippen molar-refractivity contribution in [2.75, 3.05) is 89.9 Å². The predicted octanol–water partition coefficient (Wildman–Crippen LogP) is 18.2. The lowest BCUT2D eigenvalue weighted by molar-refractivity contribution is 0.00578. The van der Waals surface area contributed by atoms with Crippen molar-refractivity contribution >= 4 is 146 Å². The Labute approximate surface area is 888 Å². The monoisotopic (exact) mass is 2320 g/mol. The minimum absolute atomic E-state index is 0.00543. The van der Waals surface area contributed by atoms with Crippen LogP contribution in [0, 0.1) is 23.3 Å². The lowest BCUT2D eigenvalue weighted by Gasteiger charge is -2.32. The number of carbonyl (C=O) groups is 4. The first-order valence-electron chi connectivity index (χ1n) is 46.5. The molecular weight excluding hydrogens is 2210 g/mol. The molecule has 14 heterocycles. The number of pyridine rings is 4. The highest BCUT2D eigenvalue weighted by Crippen LogP contribution is 2.41. The second-order valence-electron chi connectivity index (χ2n) is 35.7. The molecule has 8 aromatic heterocycles. The Kier molecular flexibility index (Phi) is 45.1. The van der Waals surface area contributed by atoms with E-state index in [0.717, 1.165) is 117 Å². The number of amides is 3. The second-order valence-corrected chi connectivity index (χ2v) is 40.2. The van der Waals surface area contributed by atoms with E-state index < -0.39 is 54.1 Å². The van der Waals surface area contributed by atoms with Crippen LogP contribution in [0.25, 0.3) is 11.1 Å². The van der Waals surface area contributed by atoms with Crippen molar-refractivity contribution in [2.24, 2.45) is 5.73 Å². The van der Waals surface area contributed by atoms with Crippen LogP contribution in [0.1, 0.15) is 200 Å². The highest BCUT2D eigenvalue weighted by atomic mass is 79.9. The second kappa shape index (κ2) is 56.6. The number of carboxylic acids is 1. The Balaban J connectivity index is 0.000000173. The van der Waals surface area contributed by atoms with E-state index in [1.165, 1.54) is 74.9 Å². The maximum atomic E-state index is 14.9. The van der Waals surface area contributed by atoms with Gasteiger partial charge in [0.05, 0.1) is 88.5 Å². The summed E-state index contributed by atoms with van der Waals surface area (Å²) in [5.41, 5.74) is 33.6. The number of carbonyl (C=O) groups excluding carboxylic acids is 3. The fraction of sp³-hybridized carbons (Fsp3) is 0.353. The molecule has 0 atom stereocenters. The van der Waals surface area contributed by atoms with Crippen molar-refractivity contribution in [1.29, 1.82) is 0 Å². The van der Waals surface area contributed by atoms with Gasteiger partial charge in [-0.25, -0.2) is 82.2 Å². The predicted molar refractivity (Wildman–Crippen MR) is 567 cm³/mol. The number of benzene rings is 4. The van der Waals surface area contributed by atoms with E-state index in [-0.39, 0.29) is 71.4 Å².